The number of fused-ring (bicyclic) bond motifs is 3. The minimum Gasteiger partial charge on any atom is -0.465 e. The predicted molar refractivity (Wildman–Crippen MR) is 102 cm³/mol. The average Bonchev–Trinajstić information content (AvgIpc) is 2.72. The summed E-state index contributed by atoms with van der Waals surface area (Å²) < 4.78 is 10.4. The van der Waals surface area contributed by atoms with Gasteiger partial charge >= 0.3 is 5.97 Å². The molecule has 1 unspecified atom stereocenters. The third-order valence-electron chi connectivity index (χ3n) is 4.75. The normalized spacial score (nSPS) is 15.5. The van der Waals surface area contributed by atoms with Crippen LogP contribution in [0.3, 0.4) is 0 Å². The molecule has 0 spiro atoms. The number of rotatable bonds is 2. The molecule has 2 heterocycles. The molecule has 1 atom stereocenters. The van der Waals surface area contributed by atoms with Gasteiger partial charge in [-0.05, 0) is 29.8 Å². The maximum absolute atomic E-state index is 12.9. The molecule has 0 aliphatic carbocycles. The molecule has 138 valence electrons. The number of methoxy groups -OCH3 is 1. The van der Waals surface area contributed by atoms with Crippen LogP contribution in [0.4, 0.5) is 0 Å². The van der Waals surface area contributed by atoms with Crippen molar-refractivity contribution in [2.45, 2.75) is 5.92 Å². The summed E-state index contributed by atoms with van der Waals surface area (Å²) in [5.41, 5.74) is 7.71. The summed E-state index contributed by atoms with van der Waals surface area (Å²) >= 11 is 0. The highest BCUT2D eigenvalue weighted by molar-refractivity contribution is 5.89. The van der Waals surface area contributed by atoms with Crippen molar-refractivity contribution >= 4 is 16.9 Å². The van der Waals surface area contributed by atoms with Gasteiger partial charge in [0.15, 0.2) is 0 Å². The highest BCUT2D eigenvalue weighted by Crippen LogP contribution is 2.42. The van der Waals surface area contributed by atoms with Crippen molar-refractivity contribution in [3.63, 3.8) is 0 Å². The Bertz CT molecular complexity index is 1230. The van der Waals surface area contributed by atoms with Gasteiger partial charge in [0.05, 0.1) is 29.7 Å². The number of ether oxygens (including phenoxy) is 2. The number of benzene rings is 2. The highest BCUT2D eigenvalue weighted by Gasteiger charge is 2.34. The number of pyridine rings is 1. The van der Waals surface area contributed by atoms with E-state index in [1.807, 2.05) is 12.1 Å². The lowest BCUT2D eigenvalue weighted by Gasteiger charge is -2.26. The van der Waals surface area contributed by atoms with Crippen molar-refractivity contribution in [3.05, 3.63) is 87.0 Å². The van der Waals surface area contributed by atoms with Gasteiger partial charge in [-0.1, -0.05) is 24.3 Å². The topological polar surface area (TPSA) is 118 Å². The fourth-order valence-corrected chi connectivity index (χ4v) is 3.43. The Labute approximate surface area is 159 Å². The second-order valence-electron chi connectivity index (χ2n) is 6.28. The lowest BCUT2D eigenvalue weighted by atomic mass is 9.83. The number of allylic oxidation sites excluding steroid dienone is 1. The maximum Gasteiger partial charge on any atom is 0.337 e. The standard InChI is InChI=1S/C21H15N3O4/c1-27-21(26)12-8-6-11(7-9-12)16-14(10-22)19(23)28-18-13-4-2-3-5-15(13)24-20(25)17(16)18/h2-9,16H,23H2,1H3,(H,24,25). The lowest BCUT2D eigenvalue weighted by molar-refractivity contribution is 0.0600. The fourth-order valence-electron chi connectivity index (χ4n) is 3.43. The van der Waals surface area contributed by atoms with Gasteiger partial charge in [-0.25, -0.2) is 4.79 Å². The first kappa shape index (κ1) is 17.4. The third-order valence-corrected chi connectivity index (χ3v) is 4.75. The Morgan fingerprint density at radius 2 is 1.93 bits per heavy atom. The SMILES string of the molecule is COC(=O)c1ccc(C2C(C#N)=C(N)Oc3c2c(=O)[nH]c2ccccc32)cc1. The van der Waals surface area contributed by atoms with Crippen LogP contribution in [0.2, 0.25) is 0 Å². The Morgan fingerprint density at radius 1 is 1.21 bits per heavy atom. The fraction of sp³-hybridized carbons (Fsp3) is 0.0952. The molecule has 2 aromatic carbocycles. The van der Waals surface area contributed by atoms with E-state index in [9.17, 15) is 14.9 Å². The van der Waals surface area contributed by atoms with Gasteiger partial charge in [0, 0.05) is 5.39 Å². The van der Waals surface area contributed by atoms with Crippen LogP contribution in [-0.2, 0) is 4.74 Å². The van der Waals surface area contributed by atoms with E-state index in [1.165, 1.54) is 7.11 Å². The van der Waals surface area contributed by atoms with E-state index in [1.54, 1.807) is 36.4 Å². The van der Waals surface area contributed by atoms with Crippen LogP contribution in [-0.4, -0.2) is 18.1 Å². The van der Waals surface area contributed by atoms with E-state index in [-0.39, 0.29) is 17.0 Å². The molecule has 0 radical (unpaired) electrons. The number of nitriles is 1. The Balaban J connectivity index is 1.97. The van der Waals surface area contributed by atoms with E-state index in [4.69, 9.17) is 15.2 Å². The zero-order valence-electron chi connectivity index (χ0n) is 14.9. The number of aromatic amines is 1. The van der Waals surface area contributed by atoms with Gasteiger partial charge in [0.1, 0.15) is 17.4 Å². The molecule has 7 nitrogen and oxygen atoms in total. The minimum atomic E-state index is -0.714. The summed E-state index contributed by atoms with van der Waals surface area (Å²) in [6.45, 7) is 0. The van der Waals surface area contributed by atoms with E-state index < -0.39 is 11.9 Å². The minimum absolute atomic E-state index is 0.0483. The van der Waals surface area contributed by atoms with Crippen LogP contribution >= 0.6 is 0 Å². The van der Waals surface area contributed by atoms with Gasteiger partial charge < -0.3 is 20.2 Å². The quantitative estimate of drug-likeness (QED) is 0.667. The first-order chi connectivity index (χ1) is 13.5. The molecule has 0 bridgehead atoms. The number of carbonyl (C=O) groups is 1. The second-order valence-corrected chi connectivity index (χ2v) is 6.28. The number of carbonyl (C=O) groups excluding carboxylic acids is 1. The molecule has 1 aromatic heterocycles. The van der Waals surface area contributed by atoms with E-state index >= 15 is 0 Å². The molecule has 0 amide bonds. The van der Waals surface area contributed by atoms with Gasteiger partial charge in [0.2, 0.25) is 5.88 Å². The molecule has 3 N–H and O–H groups in total. The molecule has 7 heteroatoms. The van der Waals surface area contributed by atoms with Crippen molar-refractivity contribution < 1.29 is 14.3 Å². The summed E-state index contributed by atoms with van der Waals surface area (Å²) in [4.78, 5) is 27.4. The summed E-state index contributed by atoms with van der Waals surface area (Å²) in [5.74, 6) is -0.905. The number of hydrogen-bond acceptors (Lipinski definition) is 6. The Morgan fingerprint density at radius 3 is 2.61 bits per heavy atom. The van der Waals surface area contributed by atoms with E-state index in [0.717, 1.165) is 0 Å². The monoisotopic (exact) mass is 373 g/mol. The van der Waals surface area contributed by atoms with Crippen LogP contribution in [0.15, 0.2) is 64.8 Å². The number of nitrogens with one attached hydrogen (secondary N) is 1. The number of nitrogens with two attached hydrogens (primary N) is 1. The van der Waals surface area contributed by atoms with Crippen molar-refractivity contribution in [1.82, 2.24) is 4.98 Å². The van der Waals surface area contributed by atoms with Gasteiger partial charge in [0.25, 0.3) is 5.56 Å². The van der Waals surface area contributed by atoms with Crippen LogP contribution in [0.1, 0.15) is 27.4 Å². The number of hydrogen-bond donors (Lipinski definition) is 2. The molecule has 3 aromatic rings. The summed E-state index contributed by atoms with van der Waals surface area (Å²) in [6, 6.07) is 15.8. The largest absolute Gasteiger partial charge is 0.465 e. The Kier molecular flexibility index (Phi) is 4.09. The number of aromatic nitrogens is 1. The van der Waals surface area contributed by atoms with E-state index in [0.29, 0.717) is 33.3 Å². The second kappa shape index (κ2) is 6.59. The van der Waals surface area contributed by atoms with E-state index in [2.05, 4.69) is 11.1 Å². The molecular weight excluding hydrogens is 358 g/mol. The highest BCUT2D eigenvalue weighted by atomic mass is 16.5. The molecule has 0 fully saturated rings. The summed E-state index contributed by atoms with van der Waals surface area (Å²) in [7, 11) is 1.30. The van der Waals surface area contributed by atoms with Crippen LogP contribution in [0.5, 0.6) is 5.75 Å². The zero-order valence-corrected chi connectivity index (χ0v) is 14.9. The first-order valence-corrected chi connectivity index (χ1v) is 8.46. The maximum atomic E-state index is 12.9. The smallest absolute Gasteiger partial charge is 0.337 e. The zero-order chi connectivity index (χ0) is 19.8. The van der Waals surface area contributed by atoms with Gasteiger partial charge in [-0.3, -0.25) is 4.79 Å². The van der Waals surface area contributed by atoms with Crippen LogP contribution < -0.4 is 16.0 Å². The van der Waals surface area contributed by atoms with Crippen molar-refractivity contribution in [2.24, 2.45) is 5.73 Å². The molecule has 1 aliphatic heterocycles. The molecular formula is C21H15N3O4. The van der Waals surface area contributed by atoms with Crippen LogP contribution in [0.25, 0.3) is 10.9 Å². The van der Waals surface area contributed by atoms with Crippen molar-refractivity contribution in [2.75, 3.05) is 7.11 Å². The number of nitrogens with zero attached hydrogens (tertiary/aromatic N) is 1. The van der Waals surface area contributed by atoms with Crippen LogP contribution in [0, 0.1) is 11.3 Å². The molecule has 28 heavy (non-hydrogen) atoms. The molecule has 0 saturated carbocycles. The first-order valence-electron chi connectivity index (χ1n) is 8.46. The number of esters is 1. The summed E-state index contributed by atoms with van der Waals surface area (Å²) in [6.07, 6.45) is 0. The molecule has 1 aliphatic rings. The Hall–Kier alpha value is -4.05. The number of H-pyrrole nitrogens is 1. The predicted octanol–water partition coefficient (Wildman–Crippen LogP) is 2.53. The van der Waals surface area contributed by atoms with Gasteiger partial charge in [-0.15, -0.1) is 0 Å². The molecule has 0 saturated heterocycles. The van der Waals surface area contributed by atoms with Crippen molar-refractivity contribution in [3.8, 4) is 11.8 Å². The molecule has 4 rings (SSSR count). The van der Waals surface area contributed by atoms with Crippen molar-refractivity contribution in [1.29, 1.82) is 5.26 Å². The van der Waals surface area contributed by atoms with Gasteiger partial charge in [-0.2, -0.15) is 5.26 Å². The third kappa shape index (κ3) is 2.59. The number of para-hydroxylation sites is 1. The lowest BCUT2D eigenvalue weighted by Crippen LogP contribution is -2.27. The summed E-state index contributed by atoms with van der Waals surface area (Å²) in [5, 5.41) is 10.3. The average molecular weight is 373 g/mol.